The van der Waals surface area contributed by atoms with Crippen LogP contribution in [0.4, 0.5) is 0 Å². The lowest BCUT2D eigenvalue weighted by molar-refractivity contribution is 0.286. The third-order valence-corrected chi connectivity index (χ3v) is 3.99. The molecule has 2 aromatic rings. The van der Waals surface area contributed by atoms with E-state index in [2.05, 4.69) is 4.98 Å². The van der Waals surface area contributed by atoms with Gasteiger partial charge < -0.3 is 5.11 Å². The van der Waals surface area contributed by atoms with E-state index in [9.17, 15) is 5.11 Å². The minimum Gasteiger partial charge on any atom is -0.391 e. The molecule has 0 radical (unpaired) electrons. The SMILES string of the molecule is OCc1sc(Cl)nc1-c1cccc(Cl)c1Cl. The van der Waals surface area contributed by atoms with Gasteiger partial charge >= 0.3 is 0 Å². The molecule has 16 heavy (non-hydrogen) atoms. The highest BCUT2D eigenvalue weighted by atomic mass is 35.5. The van der Waals surface area contributed by atoms with Crippen LogP contribution in [-0.4, -0.2) is 10.1 Å². The van der Waals surface area contributed by atoms with Crippen LogP contribution >= 0.6 is 46.1 Å². The zero-order valence-corrected chi connectivity index (χ0v) is 11.0. The Kier molecular flexibility index (Phi) is 3.72. The van der Waals surface area contributed by atoms with Crippen LogP contribution in [0.2, 0.25) is 14.5 Å². The van der Waals surface area contributed by atoms with Crippen molar-refractivity contribution in [3.63, 3.8) is 0 Å². The summed E-state index contributed by atoms with van der Waals surface area (Å²) in [6, 6.07) is 5.26. The molecule has 0 amide bonds. The van der Waals surface area contributed by atoms with Crippen LogP contribution in [0.15, 0.2) is 18.2 Å². The fraction of sp³-hybridized carbons (Fsp3) is 0.100. The second kappa shape index (κ2) is 4.90. The van der Waals surface area contributed by atoms with E-state index in [1.54, 1.807) is 18.2 Å². The van der Waals surface area contributed by atoms with Crippen molar-refractivity contribution < 1.29 is 5.11 Å². The van der Waals surface area contributed by atoms with Gasteiger partial charge in [-0.05, 0) is 6.07 Å². The number of hydrogen-bond donors (Lipinski definition) is 1. The zero-order chi connectivity index (χ0) is 11.7. The summed E-state index contributed by atoms with van der Waals surface area (Å²) < 4.78 is 0.370. The molecule has 0 bridgehead atoms. The smallest absolute Gasteiger partial charge is 0.184 e. The molecule has 0 fully saturated rings. The summed E-state index contributed by atoms with van der Waals surface area (Å²) in [7, 11) is 0. The molecule has 2 rings (SSSR count). The first kappa shape index (κ1) is 12.1. The third kappa shape index (κ3) is 2.19. The van der Waals surface area contributed by atoms with Gasteiger partial charge in [0.15, 0.2) is 4.47 Å². The maximum absolute atomic E-state index is 9.19. The average molecular weight is 295 g/mol. The van der Waals surface area contributed by atoms with Gasteiger partial charge in [-0.3, -0.25) is 0 Å². The molecule has 0 aliphatic heterocycles. The lowest BCUT2D eigenvalue weighted by Crippen LogP contribution is -1.86. The lowest BCUT2D eigenvalue weighted by Gasteiger charge is -2.04. The molecule has 1 aromatic carbocycles. The molecular weight excluding hydrogens is 289 g/mol. The second-order valence-corrected chi connectivity index (χ2v) is 5.45. The third-order valence-electron chi connectivity index (χ3n) is 2.02. The van der Waals surface area contributed by atoms with Crippen molar-refractivity contribution in [3.8, 4) is 11.3 Å². The first-order valence-corrected chi connectivity index (χ1v) is 6.29. The van der Waals surface area contributed by atoms with Crippen molar-refractivity contribution in [2.45, 2.75) is 6.61 Å². The first-order valence-electron chi connectivity index (χ1n) is 4.34. The summed E-state index contributed by atoms with van der Waals surface area (Å²) in [5, 5.41) is 10.1. The molecule has 0 saturated carbocycles. The summed E-state index contributed by atoms with van der Waals surface area (Å²) in [6.45, 7) is -0.122. The number of halogens is 3. The van der Waals surface area contributed by atoms with Crippen molar-refractivity contribution in [2.75, 3.05) is 0 Å². The molecule has 0 unspecified atom stereocenters. The van der Waals surface area contributed by atoms with Crippen molar-refractivity contribution in [1.82, 2.24) is 4.98 Å². The molecule has 0 aliphatic rings. The molecule has 0 saturated heterocycles. The lowest BCUT2D eigenvalue weighted by atomic mass is 10.1. The molecule has 0 aliphatic carbocycles. The Labute approximate surface area is 111 Å². The van der Waals surface area contributed by atoms with Crippen LogP contribution in [0, 0.1) is 0 Å². The normalized spacial score (nSPS) is 10.8. The van der Waals surface area contributed by atoms with Gasteiger partial charge in [0.05, 0.1) is 27.2 Å². The Bertz CT molecular complexity index is 527. The van der Waals surface area contributed by atoms with Crippen molar-refractivity contribution >= 4 is 46.1 Å². The predicted octanol–water partition coefficient (Wildman–Crippen LogP) is 4.26. The zero-order valence-electron chi connectivity index (χ0n) is 7.88. The van der Waals surface area contributed by atoms with Gasteiger partial charge in [0.25, 0.3) is 0 Å². The fourth-order valence-corrected chi connectivity index (χ4v) is 2.74. The second-order valence-electron chi connectivity index (χ2n) is 3.00. The Morgan fingerprint density at radius 2 is 2.00 bits per heavy atom. The van der Waals surface area contributed by atoms with E-state index in [4.69, 9.17) is 34.8 Å². The number of thiazole rings is 1. The molecule has 1 heterocycles. The Hall–Kier alpha value is -0.320. The van der Waals surface area contributed by atoms with Crippen LogP contribution in [0.25, 0.3) is 11.3 Å². The van der Waals surface area contributed by atoms with E-state index in [1.165, 1.54) is 11.3 Å². The Morgan fingerprint density at radius 3 is 2.69 bits per heavy atom. The number of rotatable bonds is 2. The van der Waals surface area contributed by atoms with E-state index in [0.29, 0.717) is 30.6 Å². The summed E-state index contributed by atoms with van der Waals surface area (Å²) >= 11 is 19.0. The molecular formula is C10H6Cl3NOS. The maximum atomic E-state index is 9.19. The molecule has 2 nitrogen and oxygen atoms in total. The van der Waals surface area contributed by atoms with E-state index < -0.39 is 0 Å². The summed E-state index contributed by atoms with van der Waals surface area (Å²) in [5.74, 6) is 0. The average Bonchev–Trinajstić information content (AvgIpc) is 2.63. The van der Waals surface area contributed by atoms with Gasteiger partial charge in [-0.2, -0.15) is 0 Å². The van der Waals surface area contributed by atoms with Crippen LogP contribution in [0.1, 0.15) is 4.88 Å². The number of benzene rings is 1. The Morgan fingerprint density at radius 1 is 1.25 bits per heavy atom. The highest BCUT2D eigenvalue weighted by Crippen LogP contribution is 2.37. The molecule has 0 spiro atoms. The van der Waals surface area contributed by atoms with Crippen molar-refractivity contribution in [3.05, 3.63) is 37.6 Å². The van der Waals surface area contributed by atoms with Gasteiger partial charge in [0, 0.05) is 5.56 Å². The highest BCUT2D eigenvalue weighted by Gasteiger charge is 2.15. The molecule has 84 valence electrons. The van der Waals surface area contributed by atoms with Gasteiger partial charge in [-0.25, -0.2) is 4.98 Å². The van der Waals surface area contributed by atoms with E-state index in [1.807, 2.05) is 0 Å². The van der Waals surface area contributed by atoms with Gasteiger partial charge in [-0.15, -0.1) is 11.3 Å². The quantitative estimate of drug-likeness (QED) is 0.897. The largest absolute Gasteiger partial charge is 0.391 e. The monoisotopic (exact) mass is 293 g/mol. The maximum Gasteiger partial charge on any atom is 0.184 e. The van der Waals surface area contributed by atoms with Crippen LogP contribution in [0.3, 0.4) is 0 Å². The number of aromatic nitrogens is 1. The number of nitrogens with zero attached hydrogens (tertiary/aromatic N) is 1. The summed E-state index contributed by atoms with van der Waals surface area (Å²) in [6.07, 6.45) is 0. The number of aliphatic hydroxyl groups excluding tert-OH is 1. The van der Waals surface area contributed by atoms with E-state index in [-0.39, 0.29) is 6.61 Å². The molecule has 0 atom stereocenters. The standard InChI is InChI=1S/C10H6Cl3NOS/c11-6-3-1-2-5(8(6)12)9-7(4-15)16-10(13)14-9/h1-3,15H,4H2. The topological polar surface area (TPSA) is 33.1 Å². The minimum absolute atomic E-state index is 0.122. The van der Waals surface area contributed by atoms with Crippen molar-refractivity contribution in [2.24, 2.45) is 0 Å². The van der Waals surface area contributed by atoms with Crippen molar-refractivity contribution in [1.29, 1.82) is 0 Å². The minimum atomic E-state index is -0.122. The molecule has 6 heteroatoms. The first-order chi connectivity index (χ1) is 7.63. The predicted molar refractivity (Wildman–Crippen MR) is 68.5 cm³/mol. The summed E-state index contributed by atoms with van der Waals surface area (Å²) in [4.78, 5) is 4.81. The van der Waals surface area contributed by atoms with Gasteiger partial charge in [0.1, 0.15) is 0 Å². The van der Waals surface area contributed by atoms with Crippen LogP contribution in [-0.2, 0) is 6.61 Å². The van der Waals surface area contributed by atoms with Gasteiger partial charge in [-0.1, -0.05) is 46.9 Å². The van der Waals surface area contributed by atoms with E-state index >= 15 is 0 Å². The molecule has 1 N–H and O–H groups in total. The Balaban J connectivity index is 2.62. The highest BCUT2D eigenvalue weighted by molar-refractivity contribution is 7.16. The number of hydrogen-bond acceptors (Lipinski definition) is 3. The van der Waals surface area contributed by atoms with Gasteiger partial charge in [0.2, 0.25) is 0 Å². The summed E-state index contributed by atoms with van der Waals surface area (Å²) in [5.41, 5.74) is 1.27. The van der Waals surface area contributed by atoms with Crippen LogP contribution in [0.5, 0.6) is 0 Å². The molecule has 1 aromatic heterocycles. The number of aliphatic hydroxyl groups is 1. The van der Waals surface area contributed by atoms with Crippen LogP contribution < -0.4 is 0 Å². The van der Waals surface area contributed by atoms with E-state index in [0.717, 1.165) is 0 Å². The fourth-order valence-electron chi connectivity index (χ4n) is 1.33.